The predicted octanol–water partition coefficient (Wildman–Crippen LogP) is 4.87. The van der Waals surface area contributed by atoms with Gasteiger partial charge in [0.05, 0.1) is 31.7 Å². The average Bonchev–Trinajstić information content (AvgIpc) is 3.47. The number of hydrazone groups is 2. The standard InChI is InChI=1S/C25H24BrN5O4S2/c1-34-20-6-3-5-17(23(20)35-2)19-13-18(15-8-10-16(26)11-9-15)28-31(19)22(33)14-36-25-29-30-12-4-7-21(32)27-24(30)37-25/h3,5-6,8-11,19H,4,7,12-14H2,1-2H3/t19-/m1/s1. The molecule has 192 valence electrons. The van der Waals surface area contributed by atoms with Gasteiger partial charge in [0.25, 0.3) is 5.91 Å². The SMILES string of the molecule is COc1cccc([C@H]2CC(c3ccc(Br)cc3)=NN2C(=O)CSC2=NN3CCCC(=O)N=C3S2)c1OC. The molecule has 3 aliphatic heterocycles. The molecule has 0 radical (unpaired) electrons. The number of ether oxygens (including phenoxy) is 2. The van der Waals surface area contributed by atoms with Crippen LogP contribution in [0.25, 0.3) is 0 Å². The molecular weight excluding hydrogens is 578 g/mol. The number of carbonyl (C=O) groups is 2. The average molecular weight is 603 g/mol. The fourth-order valence-electron chi connectivity index (χ4n) is 4.28. The van der Waals surface area contributed by atoms with Crippen molar-refractivity contribution in [2.75, 3.05) is 26.5 Å². The summed E-state index contributed by atoms with van der Waals surface area (Å²) in [6.07, 6.45) is 1.67. The van der Waals surface area contributed by atoms with Crippen LogP contribution in [0.5, 0.6) is 11.5 Å². The third kappa shape index (κ3) is 5.55. The van der Waals surface area contributed by atoms with Crippen LogP contribution in [0.4, 0.5) is 0 Å². The Morgan fingerprint density at radius 1 is 1.16 bits per heavy atom. The number of amides is 2. The van der Waals surface area contributed by atoms with Crippen molar-refractivity contribution in [3.05, 3.63) is 58.1 Å². The molecule has 0 bridgehead atoms. The minimum atomic E-state index is -0.355. The lowest BCUT2D eigenvalue weighted by Gasteiger charge is -2.24. The number of aliphatic imine (C=N–C) groups is 1. The van der Waals surface area contributed by atoms with Gasteiger partial charge in [0.2, 0.25) is 5.91 Å². The first-order chi connectivity index (χ1) is 18.0. The molecule has 37 heavy (non-hydrogen) atoms. The van der Waals surface area contributed by atoms with Crippen LogP contribution in [0.3, 0.4) is 0 Å². The van der Waals surface area contributed by atoms with Crippen molar-refractivity contribution < 1.29 is 19.1 Å². The van der Waals surface area contributed by atoms with Crippen LogP contribution in [0.15, 0.2) is 62.1 Å². The zero-order valence-corrected chi connectivity index (χ0v) is 23.4. The van der Waals surface area contributed by atoms with Gasteiger partial charge in [-0.25, -0.2) is 10.0 Å². The third-order valence-corrected chi connectivity index (χ3v) is 8.63. The number of methoxy groups -OCH3 is 2. The number of nitrogens with zero attached hydrogens (tertiary/aromatic N) is 5. The second kappa shape index (κ2) is 11.3. The maximum absolute atomic E-state index is 13.5. The summed E-state index contributed by atoms with van der Waals surface area (Å²) < 4.78 is 12.8. The molecule has 0 saturated carbocycles. The van der Waals surface area contributed by atoms with Gasteiger partial charge in [-0.15, -0.1) is 0 Å². The molecule has 0 aromatic heterocycles. The molecule has 2 aromatic carbocycles. The van der Waals surface area contributed by atoms with Gasteiger partial charge < -0.3 is 9.47 Å². The molecule has 12 heteroatoms. The molecule has 0 fully saturated rings. The molecule has 0 unspecified atom stereocenters. The van der Waals surface area contributed by atoms with E-state index >= 15 is 0 Å². The van der Waals surface area contributed by atoms with Gasteiger partial charge in [-0.3, -0.25) is 9.59 Å². The zero-order chi connectivity index (χ0) is 25.9. The Kier molecular flexibility index (Phi) is 7.87. The molecule has 2 aromatic rings. The van der Waals surface area contributed by atoms with E-state index in [9.17, 15) is 9.59 Å². The van der Waals surface area contributed by atoms with Gasteiger partial charge in [0, 0.05) is 29.4 Å². The number of halogens is 1. The summed E-state index contributed by atoms with van der Waals surface area (Å²) in [5, 5.41) is 13.2. The number of fused-ring (bicyclic) bond motifs is 1. The molecular formula is C25H24BrN5O4S2. The molecule has 2 amide bonds. The van der Waals surface area contributed by atoms with Crippen LogP contribution < -0.4 is 9.47 Å². The highest BCUT2D eigenvalue weighted by atomic mass is 79.9. The molecule has 0 saturated heterocycles. The lowest BCUT2D eigenvalue weighted by molar-refractivity contribution is -0.130. The minimum Gasteiger partial charge on any atom is -0.493 e. The number of carbonyl (C=O) groups excluding carboxylic acids is 2. The van der Waals surface area contributed by atoms with Crippen LogP contribution in [-0.2, 0) is 9.59 Å². The Bertz CT molecular complexity index is 1310. The van der Waals surface area contributed by atoms with Gasteiger partial charge in [0.1, 0.15) is 0 Å². The number of amidine groups is 1. The van der Waals surface area contributed by atoms with Crippen LogP contribution in [0.2, 0.25) is 0 Å². The van der Waals surface area contributed by atoms with Crippen LogP contribution in [0, 0.1) is 0 Å². The van der Waals surface area contributed by atoms with E-state index in [1.165, 1.54) is 23.5 Å². The maximum atomic E-state index is 13.5. The number of hydrogen-bond donors (Lipinski definition) is 0. The lowest BCUT2D eigenvalue weighted by atomic mass is 9.97. The summed E-state index contributed by atoms with van der Waals surface area (Å²) >= 11 is 6.12. The van der Waals surface area contributed by atoms with Gasteiger partial charge in [-0.05, 0) is 41.9 Å². The molecule has 0 N–H and O–H groups in total. The summed E-state index contributed by atoms with van der Waals surface area (Å²) in [6.45, 7) is 0.639. The van der Waals surface area contributed by atoms with Crippen molar-refractivity contribution in [3.63, 3.8) is 0 Å². The fourth-order valence-corrected chi connectivity index (χ4v) is 6.40. The maximum Gasteiger partial charge on any atom is 0.253 e. The van der Waals surface area contributed by atoms with E-state index in [-0.39, 0.29) is 23.6 Å². The summed E-state index contributed by atoms with van der Waals surface area (Å²) in [5.74, 6) is 1.03. The highest BCUT2D eigenvalue weighted by molar-refractivity contribution is 9.10. The first-order valence-corrected chi connectivity index (χ1v) is 14.2. The van der Waals surface area contributed by atoms with Crippen molar-refractivity contribution in [3.8, 4) is 11.5 Å². The van der Waals surface area contributed by atoms with Crippen molar-refractivity contribution >= 4 is 66.5 Å². The quantitative estimate of drug-likeness (QED) is 0.466. The molecule has 5 rings (SSSR count). The summed E-state index contributed by atoms with van der Waals surface area (Å²) in [6, 6.07) is 13.2. The first-order valence-electron chi connectivity index (χ1n) is 11.6. The summed E-state index contributed by atoms with van der Waals surface area (Å²) in [5.41, 5.74) is 2.59. The zero-order valence-electron chi connectivity index (χ0n) is 20.2. The highest BCUT2D eigenvalue weighted by Gasteiger charge is 2.36. The third-order valence-electron chi connectivity index (χ3n) is 6.04. The van der Waals surface area contributed by atoms with E-state index in [1.807, 2.05) is 42.5 Å². The Labute approximate surface area is 231 Å². The second-order valence-electron chi connectivity index (χ2n) is 8.37. The van der Waals surface area contributed by atoms with Crippen LogP contribution in [0.1, 0.15) is 36.4 Å². The lowest BCUT2D eigenvalue weighted by Crippen LogP contribution is -2.29. The topological polar surface area (TPSA) is 96.2 Å². The largest absolute Gasteiger partial charge is 0.493 e. The number of benzene rings is 2. The first kappa shape index (κ1) is 25.8. The Morgan fingerprint density at radius 3 is 2.73 bits per heavy atom. The number of thioether (sulfide) groups is 2. The normalized spacial score (nSPS) is 19.2. The van der Waals surface area contributed by atoms with Crippen molar-refractivity contribution in [2.45, 2.75) is 25.3 Å². The fraction of sp³-hybridized carbons (Fsp3) is 0.320. The number of rotatable bonds is 6. The molecule has 0 aliphatic carbocycles. The molecule has 9 nitrogen and oxygen atoms in total. The second-order valence-corrected chi connectivity index (χ2v) is 11.5. The predicted molar refractivity (Wildman–Crippen MR) is 150 cm³/mol. The van der Waals surface area contributed by atoms with Crippen molar-refractivity contribution in [1.29, 1.82) is 0 Å². The monoisotopic (exact) mass is 601 g/mol. The number of para-hydroxylation sites is 1. The summed E-state index contributed by atoms with van der Waals surface area (Å²) in [4.78, 5) is 29.5. The minimum absolute atomic E-state index is 0.135. The van der Waals surface area contributed by atoms with Crippen LogP contribution in [-0.4, -0.2) is 63.6 Å². The van der Waals surface area contributed by atoms with E-state index in [0.29, 0.717) is 46.8 Å². The van der Waals surface area contributed by atoms with E-state index in [0.717, 1.165) is 21.3 Å². The van der Waals surface area contributed by atoms with E-state index in [4.69, 9.17) is 14.6 Å². The van der Waals surface area contributed by atoms with Crippen molar-refractivity contribution in [2.24, 2.45) is 15.2 Å². The molecule has 3 aliphatic rings. The summed E-state index contributed by atoms with van der Waals surface area (Å²) in [7, 11) is 3.18. The van der Waals surface area contributed by atoms with Crippen molar-refractivity contribution in [1.82, 2.24) is 10.0 Å². The van der Waals surface area contributed by atoms with E-state index in [1.54, 1.807) is 24.2 Å². The Hall–Kier alpha value is -2.83. The highest BCUT2D eigenvalue weighted by Crippen LogP contribution is 2.42. The van der Waals surface area contributed by atoms with Gasteiger partial charge in [-0.1, -0.05) is 52.0 Å². The van der Waals surface area contributed by atoms with E-state index < -0.39 is 0 Å². The number of hydrogen-bond acceptors (Lipinski definition) is 9. The van der Waals surface area contributed by atoms with E-state index in [2.05, 4.69) is 26.0 Å². The van der Waals surface area contributed by atoms with Gasteiger partial charge in [0.15, 0.2) is 21.0 Å². The molecule has 0 spiro atoms. The molecule has 3 heterocycles. The smallest absolute Gasteiger partial charge is 0.253 e. The Balaban J connectivity index is 1.39. The van der Waals surface area contributed by atoms with Gasteiger partial charge >= 0.3 is 0 Å². The molecule has 1 atom stereocenters. The Morgan fingerprint density at radius 2 is 1.97 bits per heavy atom. The van der Waals surface area contributed by atoms with Crippen LogP contribution >= 0.6 is 39.5 Å². The van der Waals surface area contributed by atoms with Gasteiger partial charge in [-0.2, -0.15) is 15.2 Å².